The molecule has 1 aromatic rings. The number of nitrogens with zero attached hydrogens (tertiary/aromatic N) is 3. The molecule has 3 rings (SSSR count). The van der Waals surface area contributed by atoms with Gasteiger partial charge in [0.05, 0.1) is 0 Å². The van der Waals surface area contributed by atoms with Crippen LogP contribution in [0.4, 0.5) is 0 Å². The van der Waals surface area contributed by atoms with Gasteiger partial charge in [-0.2, -0.15) is 0 Å². The fraction of sp³-hybridized carbons (Fsp3) is 0.692. The number of hydrogen-bond acceptors (Lipinski definition) is 5. The largest absolute Gasteiger partial charge is 0.335 e. The number of thiazole rings is 1. The van der Waals surface area contributed by atoms with E-state index < -0.39 is 0 Å². The van der Waals surface area contributed by atoms with Crippen LogP contribution in [-0.4, -0.2) is 52.9 Å². The van der Waals surface area contributed by atoms with Crippen LogP contribution in [0.1, 0.15) is 34.8 Å². The van der Waals surface area contributed by atoms with Gasteiger partial charge in [0.15, 0.2) is 0 Å². The van der Waals surface area contributed by atoms with Gasteiger partial charge in [0.2, 0.25) is 0 Å². The molecule has 2 fully saturated rings. The molecule has 0 atom stereocenters. The predicted octanol–water partition coefficient (Wildman–Crippen LogP) is 1.76. The van der Waals surface area contributed by atoms with Crippen LogP contribution in [0.5, 0.6) is 0 Å². The number of aromatic nitrogens is 1. The lowest BCUT2D eigenvalue weighted by Gasteiger charge is -2.42. The summed E-state index contributed by atoms with van der Waals surface area (Å²) in [5, 5.41) is 2.65. The molecule has 1 amide bonds. The van der Waals surface area contributed by atoms with Gasteiger partial charge >= 0.3 is 0 Å². The Labute approximate surface area is 141 Å². The van der Waals surface area contributed by atoms with E-state index in [1.807, 2.05) is 10.3 Å². The average molecular weight is 353 g/mol. The third-order valence-corrected chi connectivity index (χ3v) is 5.01. The lowest BCUT2D eigenvalue weighted by atomic mass is 9.91. The lowest BCUT2D eigenvalue weighted by molar-refractivity contribution is 0.0451. The highest BCUT2D eigenvalue weighted by Gasteiger charge is 2.30. The van der Waals surface area contributed by atoms with Crippen molar-refractivity contribution in [2.75, 3.05) is 26.2 Å². The van der Waals surface area contributed by atoms with Crippen LogP contribution in [0.15, 0.2) is 5.38 Å². The van der Waals surface area contributed by atoms with E-state index in [0.717, 1.165) is 37.2 Å². The van der Waals surface area contributed by atoms with E-state index in [1.54, 1.807) is 0 Å². The summed E-state index contributed by atoms with van der Waals surface area (Å²) in [4.78, 5) is 21.0. The molecule has 1 saturated heterocycles. The molecule has 21 heavy (non-hydrogen) atoms. The van der Waals surface area contributed by atoms with Crippen molar-refractivity contribution in [1.82, 2.24) is 14.8 Å². The second-order valence-electron chi connectivity index (χ2n) is 5.24. The van der Waals surface area contributed by atoms with Crippen LogP contribution < -0.4 is 5.73 Å². The molecule has 0 bridgehead atoms. The maximum absolute atomic E-state index is 12.3. The van der Waals surface area contributed by atoms with E-state index in [4.69, 9.17) is 5.73 Å². The topological polar surface area (TPSA) is 62.5 Å². The van der Waals surface area contributed by atoms with Crippen molar-refractivity contribution in [3.05, 3.63) is 16.1 Å². The number of rotatable bonds is 3. The number of carbonyl (C=O) groups is 1. The van der Waals surface area contributed by atoms with Crippen molar-refractivity contribution >= 4 is 42.1 Å². The maximum atomic E-state index is 12.3. The molecule has 0 unspecified atom stereocenters. The van der Waals surface area contributed by atoms with Crippen molar-refractivity contribution in [1.29, 1.82) is 0 Å². The zero-order valence-corrected chi connectivity index (χ0v) is 14.3. The Hall–Kier alpha value is -0.400. The Balaban J connectivity index is 0.00000110. The van der Waals surface area contributed by atoms with Gasteiger partial charge in [0.25, 0.3) is 5.91 Å². The van der Waals surface area contributed by atoms with Crippen molar-refractivity contribution < 1.29 is 4.79 Å². The Kier molecular flexibility index (Phi) is 7.36. The van der Waals surface area contributed by atoms with Crippen molar-refractivity contribution in [3.63, 3.8) is 0 Å². The number of nitrogens with two attached hydrogens (primary N) is 1. The molecule has 120 valence electrons. The molecular weight excluding hydrogens is 331 g/mol. The zero-order valence-electron chi connectivity index (χ0n) is 11.9. The Morgan fingerprint density at radius 2 is 1.95 bits per heavy atom. The molecule has 0 radical (unpaired) electrons. The van der Waals surface area contributed by atoms with Gasteiger partial charge in [-0.15, -0.1) is 36.2 Å². The number of halogens is 2. The van der Waals surface area contributed by atoms with Gasteiger partial charge in [-0.3, -0.25) is 9.69 Å². The highest BCUT2D eigenvalue weighted by molar-refractivity contribution is 7.09. The smallest absolute Gasteiger partial charge is 0.273 e. The first-order valence-electron chi connectivity index (χ1n) is 6.95. The van der Waals surface area contributed by atoms with Gasteiger partial charge in [-0.05, 0) is 12.8 Å². The standard InChI is InChI=1S/C13H20N4OS.2ClH/c14-8-12-15-11(9-19-12)13(18)17-6-4-16(5-7-17)10-2-1-3-10;;/h9-10H,1-8,14H2;2*1H. The first-order chi connectivity index (χ1) is 9.28. The molecule has 2 heterocycles. The first-order valence-corrected chi connectivity index (χ1v) is 7.83. The molecule has 2 aliphatic rings. The summed E-state index contributed by atoms with van der Waals surface area (Å²) in [7, 11) is 0. The lowest BCUT2D eigenvalue weighted by Crippen LogP contribution is -2.53. The van der Waals surface area contributed by atoms with Crippen LogP contribution in [0.25, 0.3) is 0 Å². The van der Waals surface area contributed by atoms with Gasteiger partial charge in [-0.1, -0.05) is 6.42 Å². The third-order valence-electron chi connectivity index (χ3n) is 4.14. The highest BCUT2D eigenvalue weighted by atomic mass is 35.5. The van der Waals surface area contributed by atoms with E-state index in [9.17, 15) is 4.79 Å². The minimum atomic E-state index is 0. The SMILES string of the molecule is Cl.Cl.NCc1nc(C(=O)N2CCN(C3CCC3)CC2)cs1. The average Bonchev–Trinajstić information content (AvgIpc) is 2.85. The molecule has 1 aliphatic carbocycles. The highest BCUT2D eigenvalue weighted by Crippen LogP contribution is 2.25. The van der Waals surface area contributed by atoms with Gasteiger partial charge in [-0.25, -0.2) is 4.98 Å². The summed E-state index contributed by atoms with van der Waals surface area (Å²) in [6, 6.07) is 0.778. The molecule has 5 nitrogen and oxygen atoms in total. The van der Waals surface area contributed by atoms with Crippen LogP contribution in [-0.2, 0) is 6.54 Å². The zero-order chi connectivity index (χ0) is 13.2. The maximum Gasteiger partial charge on any atom is 0.273 e. The third kappa shape index (κ3) is 4.07. The van der Waals surface area contributed by atoms with E-state index in [1.165, 1.54) is 30.6 Å². The Bertz CT molecular complexity index is 459. The molecule has 2 N–H and O–H groups in total. The number of carbonyl (C=O) groups excluding carboxylic acids is 1. The summed E-state index contributed by atoms with van der Waals surface area (Å²) in [5.74, 6) is 0.0595. The van der Waals surface area contributed by atoms with Crippen LogP contribution >= 0.6 is 36.2 Å². The summed E-state index contributed by atoms with van der Waals surface area (Å²) >= 11 is 1.47. The Morgan fingerprint density at radius 1 is 1.29 bits per heavy atom. The number of amides is 1. The number of piperazine rings is 1. The van der Waals surface area contributed by atoms with Crippen LogP contribution in [0.3, 0.4) is 0 Å². The van der Waals surface area contributed by atoms with E-state index in [0.29, 0.717) is 12.2 Å². The fourth-order valence-corrected chi connectivity index (χ4v) is 3.36. The van der Waals surface area contributed by atoms with Gasteiger partial charge < -0.3 is 10.6 Å². The van der Waals surface area contributed by atoms with Crippen molar-refractivity contribution in [2.45, 2.75) is 31.8 Å². The number of hydrogen-bond donors (Lipinski definition) is 1. The fourth-order valence-electron chi connectivity index (χ4n) is 2.71. The monoisotopic (exact) mass is 352 g/mol. The van der Waals surface area contributed by atoms with E-state index >= 15 is 0 Å². The summed E-state index contributed by atoms with van der Waals surface area (Å²) < 4.78 is 0. The molecule has 0 spiro atoms. The molecule has 8 heteroatoms. The normalized spacial score (nSPS) is 19.4. The van der Waals surface area contributed by atoms with Crippen LogP contribution in [0, 0.1) is 0 Å². The van der Waals surface area contributed by atoms with Gasteiger partial charge in [0, 0.05) is 44.1 Å². The van der Waals surface area contributed by atoms with E-state index in [2.05, 4.69) is 9.88 Å². The van der Waals surface area contributed by atoms with Crippen LogP contribution in [0.2, 0.25) is 0 Å². The molecule has 1 saturated carbocycles. The van der Waals surface area contributed by atoms with Crippen molar-refractivity contribution in [2.24, 2.45) is 5.73 Å². The Morgan fingerprint density at radius 3 is 2.43 bits per heavy atom. The molecular formula is C13H22Cl2N4OS. The summed E-state index contributed by atoms with van der Waals surface area (Å²) in [5.41, 5.74) is 6.09. The predicted molar refractivity (Wildman–Crippen MR) is 89.6 cm³/mol. The molecule has 0 aromatic carbocycles. The summed E-state index contributed by atoms with van der Waals surface area (Å²) in [6.45, 7) is 4.07. The molecule has 1 aromatic heterocycles. The quantitative estimate of drug-likeness (QED) is 0.900. The molecule has 1 aliphatic heterocycles. The minimum Gasteiger partial charge on any atom is -0.335 e. The van der Waals surface area contributed by atoms with Crippen molar-refractivity contribution in [3.8, 4) is 0 Å². The van der Waals surface area contributed by atoms with E-state index in [-0.39, 0.29) is 30.7 Å². The second-order valence-corrected chi connectivity index (χ2v) is 6.19. The first kappa shape index (κ1) is 18.6. The summed E-state index contributed by atoms with van der Waals surface area (Å²) in [6.07, 6.45) is 4.03. The minimum absolute atomic E-state index is 0. The second kappa shape index (κ2) is 8.29. The van der Waals surface area contributed by atoms with Gasteiger partial charge in [0.1, 0.15) is 10.7 Å².